The van der Waals surface area contributed by atoms with Gasteiger partial charge in [-0.05, 0) is 42.5 Å². The highest BCUT2D eigenvalue weighted by Crippen LogP contribution is 2.21. The first-order chi connectivity index (χ1) is 10.3. The molecule has 116 valence electrons. The van der Waals surface area contributed by atoms with Crippen LogP contribution < -0.4 is 4.72 Å². The summed E-state index contributed by atoms with van der Waals surface area (Å²) in [6, 6.07) is 7.32. The minimum absolute atomic E-state index is 0.0595. The van der Waals surface area contributed by atoms with Gasteiger partial charge < -0.3 is 4.74 Å². The lowest BCUT2D eigenvalue weighted by molar-refractivity contribution is 0.0600. The van der Waals surface area contributed by atoms with Crippen LogP contribution in [0.3, 0.4) is 0 Å². The lowest BCUT2D eigenvalue weighted by Gasteiger charge is -2.10. The van der Waals surface area contributed by atoms with Crippen molar-refractivity contribution in [3.63, 3.8) is 0 Å². The number of rotatable bonds is 4. The molecular weight excluding hydrogens is 316 g/mol. The number of carbonyl (C=O) groups is 1. The van der Waals surface area contributed by atoms with Crippen molar-refractivity contribution in [3.05, 3.63) is 59.7 Å². The molecule has 8 heteroatoms. The van der Waals surface area contributed by atoms with E-state index in [0.717, 1.165) is 37.4 Å². The van der Waals surface area contributed by atoms with Gasteiger partial charge in [-0.15, -0.1) is 0 Å². The molecule has 22 heavy (non-hydrogen) atoms. The van der Waals surface area contributed by atoms with Crippen LogP contribution in [0.5, 0.6) is 0 Å². The van der Waals surface area contributed by atoms with Crippen LogP contribution in [0.2, 0.25) is 0 Å². The van der Waals surface area contributed by atoms with Gasteiger partial charge in [0.05, 0.1) is 12.7 Å². The molecule has 2 aromatic carbocycles. The maximum Gasteiger partial charge on any atom is 0.337 e. The van der Waals surface area contributed by atoms with Crippen molar-refractivity contribution in [1.29, 1.82) is 0 Å². The number of benzene rings is 2. The molecule has 0 fully saturated rings. The molecular formula is C14H11F2NO4S. The van der Waals surface area contributed by atoms with Crippen LogP contribution >= 0.6 is 0 Å². The number of ether oxygens (including phenoxy) is 1. The van der Waals surface area contributed by atoms with Crippen molar-refractivity contribution in [2.75, 3.05) is 11.8 Å². The van der Waals surface area contributed by atoms with Crippen LogP contribution in [-0.4, -0.2) is 21.5 Å². The van der Waals surface area contributed by atoms with Crippen molar-refractivity contribution >= 4 is 21.7 Å². The number of carbonyl (C=O) groups excluding carboxylic acids is 1. The van der Waals surface area contributed by atoms with E-state index in [0.29, 0.717) is 0 Å². The predicted molar refractivity (Wildman–Crippen MR) is 74.9 cm³/mol. The fourth-order valence-corrected chi connectivity index (χ4v) is 2.85. The van der Waals surface area contributed by atoms with Crippen molar-refractivity contribution in [2.45, 2.75) is 4.90 Å². The Labute approximate surface area is 125 Å². The van der Waals surface area contributed by atoms with E-state index >= 15 is 0 Å². The molecule has 0 radical (unpaired) electrons. The SMILES string of the molecule is COC(=O)c1ccc(F)c(S(=O)(=O)Nc2ccc(F)cc2)c1. The largest absolute Gasteiger partial charge is 0.465 e. The lowest BCUT2D eigenvalue weighted by atomic mass is 10.2. The van der Waals surface area contributed by atoms with Crippen LogP contribution in [0.4, 0.5) is 14.5 Å². The van der Waals surface area contributed by atoms with Crippen molar-refractivity contribution < 1.29 is 26.7 Å². The van der Waals surface area contributed by atoms with Gasteiger partial charge >= 0.3 is 5.97 Å². The molecule has 0 heterocycles. The quantitative estimate of drug-likeness (QED) is 0.876. The van der Waals surface area contributed by atoms with Gasteiger partial charge in [0.15, 0.2) is 0 Å². The normalized spacial score (nSPS) is 11.0. The second-order valence-electron chi connectivity index (χ2n) is 4.25. The lowest BCUT2D eigenvalue weighted by Crippen LogP contribution is -2.15. The Hall–Kier alpha value is -2.48. The van der Waals surface area contributed by atoms with Gasteiger partial charge in [0.2, 0.25) is 0 Å². The minimum Gasteiger partial charge on any atom is -0.465 e. The second kappa shape index (κ2) is 6.10. The number of hydrogen-bond acceptors (Lipinski definition) is 4. The number of anilines is 1. The third-order valence-electron chi connectivity index (χ3n) is 2.74. The molecule has 0 aliphatic heterocycles. The molecule has 0 aliphatic carbocycles. The van der Waals surface area contributed by atoms with E-state index in [9.17, 15) is 22.0 Å². The van der Waals surface area contributed by atoms with Crippen molar-refractivity contribution in [1.82, 2.24) is 0 Å². The van der Waals surface area contributed by atoms with Gasteiger partial charge in [-0.1, -0.05) is 0 Å². The highest BCUT2D eigenvalue weighted by molar-refractivity contribution is 7.92. The van der Waals surface area contributed by atoms with E-state index in [4.69, 9.17) is 0 Å². The first kappa shape index (κ1) is 15.9. The number of esters is 1. The van der Waals surface area contributed by atoms with E-state index in [1.54, 1.807) is 0 Å². The predicted octanol–water partition coefficient (Wildman–Crippen LogP) is 2.55. The van der Waals surface area contributed by atoms with Crippen LogP contribution in [0.1, 0.15) is 10.4 Å². The number of hydrogen-bond donors (Lipinski definition) is 1. The minimum atomic E-state index is -4.28. The smallest absolute Gasteiger partial charge is 0.337 e. The zero-order chi connectivity index (χ0) is 16.3. The van der Waals surface area contributed by atoms with Gasteiger partial charge in [0, 0.05) is 5.69 Å². The Morgan fingerprint density at radius 1 is 1.09 bits per heavy atom. The van der Waals surface area contributed by atoms with Crippen LogP contribution in [0, 0.1) is 11.6 Å². The maximum absolute atomic E-state index is 13.8. The number of methoxy groups -OCH3 is 1. The Bertz CT molecular complexity index is 804. The summed E-state index contributed by atoms with van der Waals surface area (Å²) in [6.45, 7) is 0. The summed E-state index contributed by atoms with van der Waals surface area (Å²) in [5.74, 6) is -2.36. The van der Waals surface area contributed by atoms with Gasteiger partial charge in [0.25, 0.3) is 10.0 Å². The van der Waals surface area contributed by atoms with Gasteiger partial charge in [0.1, 0.15) is 16.5 Å². The standard InChI is InChI=1S/C14H11F2NO4S/c1-21-14(18)9-2-7-12(16)13(8-9)22(19,20)17-11-5-3-10(15)4-6-11/h2-8,17H,1H3. The van der Waals surface area contributed by atoms with Crippen molar-refractivity contribution in [3.8, 4) is 0 Å². The number of sulfonamides is 1. The van der Waals surface area contributed by atoms with Gasteiger partial charge in [-0.3, -0.25) is 4.72 Å². The fourth-order valence-electron chi connectivity index (χ4n) is 1.68. The topological polar surface area (TPSA) is 72.5 Å². The molecule has 0 aromatic heterocycles. The van der Waals surface area contributed by atoms with Gasteiger partial charge in [-0.25, -0.2) is 22.0 Å². The van der Waals surface area contributed by atoms with E-state index in [1.807, 2.05) is 0 Å². The summed E-state index contributed by atoms with van der Waals surface area (Å²) in [4.78, 5) is 10.7. The molecule has 0 bridgehead atoms. The van der Waals surface area contributed by atoms with Gasteiger partial charge in [-0.2, -0.15) is 0 Å². The molecule has 0 atom stereocenters. The molecule has 5 nitrogen and oxygen atoms in total. The zero-order valence-corrected chi connectivity index (χ0v) is 12.2. The van der Waals surface area contributed by atoms with E-state index < -0.39 is 32.5 Å². The summed E-state index contributed by atoms with van der Waals surface area (Å²) in [5.41, 5.74) is -0.0485. The third-order valence-corrected chi connectivity index (χ3v) is 4.13. The van der Waals surface area contributed by atoms with Crippen LogP contribution in [0.15, 0.2) is 47.4 Å². The first-order valence-corrected chi connectivity index (χ1v) is 7.48. The Balaban J connectivity index is 2.40. The van der Waals surface area contributed by atoms with Crippen LogP contribution in [0.25, 0.3) is 0 Å². The average Bonchev–Trinajstić information content (AvgIpc) is 2.49. The summed E-state index contributed by atoms with van der Waals surface area (Å²) >= 11 is 0. The molecule has 0 amide bonds. The monoisotopic (exact) mass is 327 g/mol. The van der Waals surface area contributed by atoms with Crippen LogP contribution in [-0.2, 0) is 14.8 Å². The summed E-state index contributed by atoms with van der Waals surface area (Å²) in [5, 5.41) is 0. The van der Waals surface area contributed by atoms with E-state index in [2.05, 4.69) is 9.46 Å². The van der Waals surface area contributed by atoms with E-state index in [1.165, 1.54) is 12.1 Å². The van der Waals surface area contributed by atoms with E-state index in [-0.39, 0.29) is 11.3 Å². The van der Waals surface area contributed by atoms with Crippen molar-refractivity contribution in [2.24, 2.45) is 0 Å². The summed E-state index contributed by atoms with van der Waals surface area (Å²) in [7, 11) is -3.15. The second-order valence-corrected chi connectivity index (χ2v) is 5.90. The Morgan fingerprint density at radius 2 is 1.73 bits per heavy atom. The highest BCUT2D eigenvalue weighted by Gasteiger charge is 2.21. The molecule has 0 saturated heterocycles. The summed E-state index contributed by atoms with van der Waals surface area (Å²) < 4.78 is 57.5. The number of nitrogens with one attached hydrogen (secondary N) is 1. The molecule has 0 saturated carbocycles. The maximum atomic E-state index is 13.8. The first-order valence-electron chi connectivity index (χ1n) is 6.00. The summed E-state index contributed by atoms with van der Waals surface area (Å²) in [6.07, 6.45) is 0. The fraction of sp³-hybridized carbons (Fsp3) is 0.0714. The molecule has 0 unspecified atom stereocenters. The Morgan fingerprint density at radius 3 is 2.32 bits per heavy atom. The molecule has 0 aliphatic rings. The molecule has 2 aromatic rings. The zero-order valence-electron chi connectivity index (χ0n) is 11.3. The highest BCUT2D eigenvalue weighted by atomic mass is 32.2. The molecule has 1 N–H and O–H groups in total. The number of halogens is 2. The molecule has 2 rings (SSSR count). The molecule has 0 spiro atoms. The average molecular weight is 327 g/mol. The Kier molecular flexibility index (Phi) is 4.41. The third kappa shape index (κ3) is 3.40.